The number of ketones is 1. The molecule has 134 valence electrons. The summed E-state index contributed by atoms with van der Waals surface area (Å²) in [5, 5.41) is 39.6. The van der Waals surface area contributed by atoms with E-state index >= 15 is 0 Å². The van der Waals surface area contributed by atoms with Crippen LogP contribution in [0.4, 0.5) is 0 Å². The molecule has 5 heteroatoms. The predicted molar refractivity (Wildman–Crippen MR) is 95.4 cm³/mol. The Kier molecular flexibility index (Phi) is 5.91. The molecule has 0 aliphatic carbocycles. The first-order valence-corrected chi connectivity index (χ1v) is 8.37. The second kappa shape index (κ2) is 7.92. The molecule has 0 aliphatic heterocycles. The van der Waals surface area contributed by atoms with E-state index in [0.717, 1.165) is 18.1 Å². The molecule has 25 heavy (non-hydrogen) atoms. The maximum atomic E-state index is 12.5. The minimum atomic E-state index is -0.418. The lowest BCUT2D eigenvalue weighted by Crippen LogP contribution is -2.05. The number of hydrogen-bond donors (Lipinski definition) is 4. The lowest BCUT2D eigenvalue weighted by atomic mass is 9.95. The topological polar surface area (TPSA) is 98.0 Å². The van der Waals surface area contributed by atoms with Crippen LogP contribution in [-0.4, -0.2) is 26.2 Å². The van der Waals surface area contributed by atoms with E-state index in [4.69, 9.17) is 0 Å². The Balaban J connectivity index is 2.20. The van der Waals surface area contributed by atoms with Gasteiger partial charge in [0.2, 0.25) is 0 Å². The zero-order valence-electron chi connectivity index (χ0n) is 14.5. The van der Waals surface area contributed by atoms with E-state index in [9.17, 15) is 25.2 Å². The molecule has 2 aromatic rings. The van der Waals surface area contributed by atoms with Crippen molar-refractivity contribution in [1.82, 2.24) is 0 Å². The van der Waals surface area contributed by atoms with Gasteiger partial charge in [-0.25, -0.2) is 0 Å². The second-order valence-corrected chi connectivity index (χ2v) is 6.64. The number of hydrogen-bond acceptors (Lipinski definition) is 5. The Morgan fingerprint density at radius 1 is 0.960 bits per heavy atom. The molecule has 0 bridgehead atoms. The number of aromatic hydroxyl groups is 4. The Morgan fingerprint density at radius 2 is 1.60 bits per heavy atom. The molecule has 0 heterocycles. The first-order chi connectivity index (χ1) is 11.8. The largest absolute Gasteiger partial charge is 0.508 e. The van der Waals surface area contributed by atoms with Gasteiger partial charge in [0.1, 0.15) is 28.6 Å². The van der Waals surface area contributed by atoms with Crippen LogP contribution in [0.3, 0.4) is 0 Å². The summed E-state index contributed by atoms with van der Waals surface area (Å²) in [7, 11) is 0. The Bertz CT molecular complexity index is 748. The third-order valence-electron chi connectivity index (χ3n) is 4.19. The minimum Gasteiger partial charge on any atom is -0.508 e. The van der Waals surface area contributed by atoms with Gasteiger partial charge in [-0.1, -0.05) is 26.0 Å². The predicted octanol–water partition coefficient (Wildman–Crippen LogP) is 3.91. The van der Waals surface area contributed by atoms with Crippen LogP contribution in [0.1, 0.15) is 48.2 Å². The van der Waals surface area contributed by atoms with Gasteiger partial charge in [0.05, 0.1) is 0 Å². The molecule has 0 fully saturated rings. The van der Waals surface area contributed by atoms with Crippen LogP contribution >= 0.6 is 0 Å². The van der Waals surface area contributed by atoms with Gasteiger partial charge in [-0.3, -0.25) is 4.79 Å². The fourth-order valence-electron chi connectivity index (χ4n) is 2.68. The monoisotopic (exact) mass is 344 g/mol. The van der Waals surface area contributed by atoms with Crippen LogP contribution < -0.4 is 0 Å². The van der Waals surface area contributed by atoms with Crippen LogP contribution in [-0.2, 0) is 12.8 Å². The molecular weight excluding hydrogens is 320 g/mol. The number of aryl methyl sites for hydroxylation is 1. The Morgan fingerprint density at radius 3 is 2.20 bits per heavy atom. The quantitative estimate of drug-likeness (QED) is 0.571. The highest BCUT2D eigenvalue weighted by molar-refractivity contribution is 6.02. The average Bonchev–Trinajstić information content (AvgIpc) is 2.53. The summed E-state index contributed by atoms with van der Waals surface area (Å²) >= 11 is 0. The van der Waals surface area contributed by atoms with Gasteiger partial charge in [0.15, 0.2) is 5.78 Å². The number of phenolic OH excluding ortho intramolecular Hbond substituents is 4. The van der Waals surface area contributed by atoms with E-state index in [1.165, 1.54) is 0 Å². The van der Waals surface area contributed by atoms with E-state index in [2.05, 4.69) is 0 Å². The molecule has 0 unspecified atom stereocenters. The van der Waals surface area contributed by atoms with Gasteiger partial charge in [-0.05, 0) is 42.9 Å². The van der Waals surface area contributed by atoms with Crippen molar-refractivity contribution >= 4 is 5.78 Å². The second-order valence-electron chi connectivity index (χ2n) is 6.64. The number of carbonyl (C=O) groups excluding carboxylic acids is 1. The summed E-state index contributed by atoms with van der Waals surface area (Å²) in [6.07, 6.45) is 1.68. The van der Waals surface area contributed by atoms with Crippen LogP contribution in [0, 0.1) is 5.92 Å². The zero-order chi connectivity index (χ0) is 18.6. The van der Waals surface area contributed by atoms with E-state index in [1.54, 1.807) is 24.3 Å². The standard InChI is InChI=1S/C20H24O5/c1-12(2)3-9-15-17(23)11-18(24)19(20(15)25)16(22)10-6-13-4-7-14(21)8-5-13/h4-5,7-8,11-12,21,23-25H,3,6,9-10H2,1-2H3. The Hall–Kier alpha value is -2.69. The van der Waals surface area contributed by atoms with E-state index < -0.39 is 11.5 Å². The molecule has 4 N–H and O–H groups in total. The number of Topliss-reactive ketones (excluding diaryl/α,β-unsaturated/α-hetero) is 1. The normalized spacial score (nSPS) is 11.0. The molecule has 0 aromatic heterocycles. The number of rotatable bonds is 7. The molecule has 0 amide bonds. The molecule has 0 radical (unpaired) electrons. The van der Waals surface area contributed by atoms with Gasteiger partial charge in [-0.2, -0.15) is 0 Å². The maximum absolute atomic E-state index is 12.5. The first-order valence-electron chi connectivity index (χ1n) is 8.37. The molecule has 2 rings (SSSR count). The van der Waals surface area contributed by atoms with Crippen LogP contribution in [0.15, 0.2) is 30.3 Å². The molecule has 2 aromatic carbocycles. The first kappa shape index (κ1) is 18.6. The van der Waals surface area contributed by atoms with Gasteiger partial charge in [0.25, 0.3) is 0 Å². The zero-order valence-corrected chi connectivity index (χ0v) is 14.5. The van der Waals surface area contributed by atoms with Crippen molar-refractivity contribution in [3.8, 4) is 23.0 Å². The number of phenols is 4. The Labute approximate surface area is 147 Å². The van der Waals surface area contributed by atoms with Crippen molar-refractivity contribution in [2.45, 2.75) is 39.5 Å². The molecule has 0 spiro atoms. The van der Waals surface area contributed by atoms with Crippen LogP contribution in [0.25, 0.3) is 0 Å². The number of carbonyl (C=O) groups is 1. The molecule has 0 saturated heterocycles. The maximum Gasteiger partial charge on any atom is 0.170 e. The summed E-state index contributed by atoms with van der Waals surface area (Å²) < 4.78 is 0. The summed E-state index contributed by atoms with van der Waals surface area (Å²) in [5.74, 6) is -0.826. The van der Waals surface area contributed by atoms with Gasteiger partial charge < -0.3 is 20.4 Å². The van der Waals surface area contributed by atoms with Gasteiger partial charge in [-0.15, -0.1) is 0 Å². The molecule has 0 saturated carbocycles. The van der Waals surface area contributed by atoms with Crippen molar-refractivity contribution in [1.29, 1.82) is 0 Å². The highest BCUT2D eigenvalue weighted by Gasteiger charge is 2.22. The summed E-state index contributed by atoms with van der Waals surface area (Å²) in [6.45, 7) is 4.05. The van der Waals surface area contributed by atoms with E-state index in [-0.39, 0.29) is 29.2 Å². The van der Waals surface area contributed by atoms with Crippen molar-refractivity contribution in [2.75, 3.05) is 0 Å². The van der Waals surface area contributed by atoms with E-state index in [1.807, 2.05) is 13.8 Å². The van der Waals surface area contributed by atoms with Crippen LogP contribution in [0.2, 0.25) is 0 Å². The van der Waals surface area contributed by atoms with Crippen molar-refractivity contribution in [2.24, 2.45) is 5.92 Å². The molecule has 5 nitrogen and oxygen atoms in total. The van der Waals surface area contributed by atoms with E-state index in [0.29, 0.717) is 24.3 Å². The third-order valence-corrected chi connectivity index (χ3v) is 4.19. The molecular formula is C20H24O5. The summed E-state index contributed by atoms with van der Waals surface area (Å²) in [4.78, 5) is 12.5. The van der Waals surface area contributed by atoms with Crippen LogP contribution in [0.5, 0.6) is 23.0 Å². The third kappa shape index (κ3) is 4.66. The van der Waals surface area contributed by atoms with Crippen molar-refractivity contribution in [3.05, 3.63) is 47.0 Å². The highest BCUT2D eigenvalue weighted by atomic mass is 16.3. The van der Waals surface area contributed by atoms with Crippen molar-refractivity contribution < 1.29 is 25.2 Å². The van der Waals surface area contributed by atoms with Gasteiger partial charge in [0, 0.05) is 18.1 Å². The van der Waals surface area contributed by atoms with Gasteiger partial charge >= 0.3 is 0 Å². The fourth-order valence-corrected chi connectivity index (χ4v) is 2.68. The fraction of sp³-hybridized carbons (Fsp3) is 0.350. The molecule has 0 atom stereocenters. The molecule has 0 aliphatic rings. The summed E-state index contributed by atoms with van der Waals surface area (Å²) in [6, 6.07) is 7.63. The number of benzene rings is 2. The minimum absolute atomic E-state index is 0.0975. The lowest BCUT2D eigenvalue weighted by Gasteiger charge is -2.14. The smallest absolute Gasteiger partial charge is 0.170 e. The van der Waals surface area contributed by atoms with Crippen molar-refractivity contribution in [3.63, 3.8) is 0 Å². The average molecular weight is 344 g/mol. The lowest BCUT2D eigenvalue weighted by molar-refractivity contribution is 0.0977. The summed E-state index contributed by atoms with van der Waals surface area (Å²) in [5.41, 5.74) is 1.01. The highest BCUT2D eigenvalue weighted by Crippen LogP contribution is 2.39. The SMILES string of the molecule is CC(C)CCc1c(O)cc(O)c(C(=O)CCc2ccc(O)cc2)c1O.